The molecule has 2 amide bonds. The number of rotatable bonds is 11. The maximum atomic E-state index is 14.1. The van der Waals surface area contributed by atoms with Gasteiger partial charge in [0, 0.05) is 27.1 Å². The molecule has 0 unspecified atom stereocenters. The smallest absolute Gasteiger partial charge is 0.264 e. The molecule has 0 heterocycles. The molecule has 0 aliphatic heterocycles. The molecule has 1 atom stereocenters. The molecule has 0 saturated carbocycles. The Bertz CT molecular complexity index is 1450. The first-order valence-electron chi connectivity index (χ1n) is 12.7. The Kier molecular flexibility index (Phi) is 11.1. The zero-order valence-electron chi connectivity index (χ0n) is 22.7. The SMILES string of the molecule is CC[C@H](C(=O)NC(C)C)N(Cc1ccc(Cl)cc1Cl)C(=O)CN(c1ccc(Br)cc1)S(=O)(=O)c1ccc(C)cc1. The van der Waals surface area contributed by atoms with E-state index in [9.17, 15) is 18.0 Å². The van der Waals surface area contributed by atoms with Gasteiger partial charge in [-0.05, 0) is 81.3 Å². The second-order valence-electron chi connectivity index (χ2n) is 9.65. The molecule has 214 valence electrons. The minimum Gasteiger partial charge on any atom is -0.352 e. The Morgan fingerprint density at radius 1 is 0.975 bits per heavy atom. The van der Waals surface area contributed by atoms with Crippen LogP contribution in [0.25, 0.3) is 0 Å². The Balaban J connectivity index is 2.08. The molecule has 3 aromatic rings. The number of amides is 2. The number of aryl methyl sites for hydroxylation is 1. The Labute approximate surface area is 254 Å². The number of carbonyl (C=O) groups excluding carboxylic acids is 2. The highest BCUT2D eigenvalue weighted by Gasteiger charge is 2.34. The van der Waals surface area contributed by atoms with E-state index in [1.807, 2.05) is 20.8 Å². The number of sulfonamides is 1. The van der Waals surface area contributed by atoms with Crippen LogP contribution in [0.4, 0.5) is 5.69 Å². The van der Waals surface area contributed by atoms with Gasteiger partial charge in [0.25, 0.3) is 10.0 Å². The van der Waals surface area contributed by atoms with Gasteiger partial charge in [-0.3, -0.25) is 13.9 Å². The predicted molar refractivity (Wildman–Crippen MR) is 164 cm³/mol. The number of nitrogens with zero attached hydrogens (tertiary/aromatic N) is 2. The van der Waals surface area contributed by atoms with E-state index in [-0.39, 0.29) is 23.4 Å². The van der Waals surface area contributed by atoms with E-state index in [1.165, 1.54) is 17.0 Å². The molecule has 40 heavy (non-hydrogen) atoms. The molecule has 0 aliphatic carbocycles. The van der Waals surface area contributed by atoms with Crippen LogP contribution < -0.4 is 9.62 Å². The van der Waals surface area contributed by atoms with Crippen LogP contribution in [-0.2, 0) is 26.2 Å². The first kappa shape index (κ1) is 31.9. The molecular weight excluding hydrogens is 637 g/mol. The summed E-state index contributed by atoms with van der Waals surface area (Å²) in [4.78, 5) is 28.7. The molecule has 1 N–H and O–H groups in total. The van der Waals surface area contributed by atoms with Crippen LogP contribution in [0.15, 0.2) is 76.1 Å². The Morgan fingerprint density at radius 2 is 1.60 bits per heavy atom. The van der Waals surface area contributed by atoms with Crippen molar-refractivity contribution in [2.45, 2.75) is 57.6 Å². The van der Waals surface area contributed by atoms with Crippen LogP contribution in [-0.4, -0.2) is 43.8 Å². The maximum absolute atomic E-state index is 14.1. The average molecular weight is 669 g/mol. The normalized spacial score (nSPS) is 12.2. The summed E-state index contributed by atoms with van der Waals surface area (Å²) >= 11 is 15.9. The fourth-order valence-corrected chi connectivity index (χ4v) is 6.25. The number of hydrogen-bond donors (Lipinski definition) is 1. The van der Waals surface area contributed by atoms with Gasteiger partial charge < -0.3 is 10.2 Å². The number of carbonyl (C=O) groups is 2. The third-order valence-electron chi connectivity index (χ3n) is 6.18. The summed E-state index contributed by atoms with van der Waals surface area (Å²) in [6.45, 7) is 6.77. The van der Waals surface area contributed by atoms with Gasteiger partial charge in [0.05, 0.1) is 10.6 Å². The summed E-state index contributed by atoms with van der Waals surface area (Å²) in [5.41, 5.74) is 1.78. The van der Waals surface area contributed by atoms with E-state index in [1.54, 1.807) is 61.5 Å². The summed E-state index contributed by atoms with van der Waals surface area (Å²) in [6.07, 6.45) is 0.304. The van der Waals surface area contributed by atoms with Crippen LogP contribution in [0.3, 0.4) is 0 Å². The van der Waals surface area contributed by atoms with E-state index >= 15 is 0 Å². The fourth-order valence-electron chi connectivity index (χ4n) is 4.11. The van der Waals surface area contributed by atoms with E-state index in [4.69, 9.17) is 23.2 Å². The summed E-state index contributed by atoms with van der Waals surface area (Å²) < 4.78 is 29.6. The number of anilines is 1. The minimum absolute atomic E-state index is 0.0163. The van der Waals surface area contributed by atoms with Gasteiger partial charge in [-0.15, -0.1) is 0 Å². The van der Waals surface area contributed by atoms with Crippen molar-refractivity contribution in [2.75, 3.05) is 10.8 Å². The minimum atomic E-state index is -4.14. The molecule has 0 bridgehead atoms. The highest BCUT2D eigenvalue weighted by Crippen LogP contribution is 2.28. The fraction of sp³-hybridized carbons (Fsp3) is 0.310. The van der Waals surface area contributed by atoms with Crippen molar-refractivity contribution in [3.8, 4) is 0 Å². The van der Waals surface area contributed by atoms with Crippen LogP contribution in [0.5, 0.6) is 0 Å². The Hall–Kier alpha value is -2.59. The van der Waals surface area contributed by atoms with Crippen molar-refractivity contribution in [1.29, 1.82) is 0 Å². The monoisotopic (exact) mass is 667 g/mol. The maximum Gasteiger partial charge on any atom is 0.264 e. The van der Waals surface area contributed by atoms with Crippen molar-refractivity contribution in [1.82, 2.24) is 10.2 Å². The number of nitrogens with one attached hydrogen (secondary N) is 1. The van der Waals surface area contributed by atoms with Gasteiger partial charge in [0.2, 0.25) is 11.8 Å². The topological polar surface area (TPSA) is 86.8 Å². The van der Waals surface area contributed by atoms with Crippen molar-refractivity contribution in [2.24, 2.45) is 0 Å². The summed E-state index contributed by atoms with van der Waals surface area (Å²) in [7, 11) is -4.14. The van der Waals surface area contributed by atoms with E-state index in [0.29, 0.717) is 27.7 Å². The lowest BCUT2D eigenvalue weighted by molar-refractivity contribution is -0.140. The van der Waals surface area contributed by atoms with Crippen molar-refractivity contribution in [3.05, 3.63) is 92.4 Å². The third-order valence-corrected chi connectivity index (χ3v) is 9.08. The molecule has 7 nitrogen and oxygen atoms in total. The number of benzene rings is 3. The lowest BCUT2D eigenvalue weighted by Gasteiger charge is -2.33. The largest absolute Gasteiger partial charge is 0.352 e. The van der Waals surface area contributed by atoms with Crippen LogP contribution >= 0.6 is 39.1 Å². The first-order chi connectivity index (χ1) is 18.8. The second kappa shape index (κ2) is 13.9. The van der Waals surface area contributed by atoms with Crippen LogP contribution in [0.1, 0.15) is 38.3 Å². The molecule has 0 aromatic heterocycles. The quantitative estimate of drug-likeness (QED) is 0.250. The predicted octanol–water partition coefficient (Wildman–Crippen LogP) is 6.59. The Morgan fingerprint density at radius 3 is 2.15 bits per heavy atom. The van der Waals surface area contributed by atoms with E-state index < -0.39 is 28.5 Å². The zero-order valence-corrected chi connectivity index (χ0v) is 26.6. The molecule has 0 spiro atoms. The highest BCUT2D eigenvalue weighted by atomic mass is 79.9. The van der Waals surface area contributed by atoms with Gasteiger partial charge in [-0.25, -0.2) is 8.42 Å². The van der Waals surface area contributed by atoms with E-state index in [2.05, 4.69) is 21.2 Å². The molecule has 0 aliphatic rings. The standard InChI is InChI=1S/C29H32BrCl2N3O4S/c1-5-27(29(37)33-19(2)3)34(17-21-8-11-23(31)16-26(21)32)28(36)18-35(24-12-9-22(30)10-13-24)40(38,39)25-14-6-20(4)7-15-25/h6-16,19,27H,5,17-18H2,1-4H3,(H,33,37)/t27-/m1/s1. The van der Waals surface area contributed by atoms with Gasteiger partial charge in [0.1, 0.15) is 12.6 Å². The van der Waals surface area contributed by atoms with E-state index in [0.717, 1.165) is 14.3 Å². The molecule has 0 radical (unpaired) electrons. The van der Waals surface area contributed by atoms with Gasteiger partial charge in [-0.1, -0.05) is 69.8 Å². The molecule has 0 saturated heterocycles. The van der Waals surface area contributed by atoms with Gasteiger partial charge in [0.15, 0.2) is 0 Å². The first-order valence-corrected chi connectivity index (χ1v) is 15.7. The van der Waals surface area contributed by atoms with Crippen molar-refractivity contribution < 1.29 is 18.0 Å². The molecule has 3 aromatic carbocycles. The summed E-state index contributed by atoms with van der Waals surface area (Å²) in [6, 6.07) is 16.9. The van der Waals surface area contributed by atoms with Crippen LogP contribution in [0.2, 0.25) is 10.0 Å². The lowest BCUT2D eigenvalue weighted by atomic mass is 10.1. The van der Waals surface area contributed by atoms with Gasteiger partial charge in [-0.2, -0.15) is 0 Å². The highest BCUT2D eigenvalue weighted by molar-refractivity contribution is 9.10. The summed E-state index contributed by atoms with van der Waals surface area (Å²) in [5.74, 6) is -0.900. The zero-order chi connectivity index (χ0) is 29.6. The van der Waals surface area contributed by atoms with Crippen molar-refractivity contribution >= 4 is 66.7 Å². The molecule has 3 rings (SSSR count). The lowest BCUT2D eigenvalue weighted by Crippen LogP contribution is -2.53. The second-order valence-corrected chi connectivity index (χ2v) is 13.3. The molecule has 11 heteroatoms. The molecular formula is C29H32BrCl2N3O4S. The number of halogens is 3. The van der Waals surface area contributed by atoms with Gasteiger partial charge >= 0.3 is 0 Å². The third kappa shape index (κ3) is 8.00. The summed E-state index contributed by atoms with van der Waals surface area (Å²) in [5, 5.41) is 3.63. The number of hydrogen-bond acceptors (Lipinski definition) is 4. The average Bonchev–Trinajstić information content (AvgIpc) is 2.88. The molecule has 0 fully saturated rings. The van der Waals surface area contributed by atoms with Crippen molar-refractivity contribution in [3.63, 3.8) is 0 Å². The van der Waals surface area contributed by atoms with Crippen LogP contribution in [0, 0.1) is 6.92 Å².